The molecule has 0 aromatic carbocycles. The van der Waals surface area contributed by atoms with Crippen molar-refractivity contribution in [1.29, 1.82) is 0 Å². The Kier molecular flexibility index (Phi) is 7.84. The number of ketones is 3. The summed E-state index contributed by atoms with van der Waals surface area (Å²) < 4.78 is 4.77. The Morgan fingerprint density at radius 2 is 1.29 bits per heavy atom. The van der Waals surface area contributed by atoms with E-state index in [9.17, 15) is 19.2 Å². The van der Waals surface area contributed by atoms with Gasteiger partial charge in [-0.3, -0.25) is 9.59 Å². The average molecular weight is 242 g/mol. The number of carbonyl (C=O) groups is 4. The van der Waals surface area contributed by atoms with Crippen molar-refractivity contribution in [1.82, 2.24) is 0 Å². The Hall–Kier alpha value is -1.52. The SMILES string of the molecule is CC(=O)CCC(=O)CCOC(=O)CCC(C)=O. The molecular weight excluding hydrogens is 224 g/mol. The first kappa shape index (κ1) is 15.5. The molecule has 0 atom stereocenters. The van der Waals surface area contributed by atoms with Crippen LogP contribution in [0, 0.1) is 0 Å². The van der Waals surface area contributed by atoms with Crippen molar-refractivity contribution >= 4 is 23.3 Å². The molecule has 0 amide bonds. The lowest BCUT2D eigenvalue weighted by atomic mass is 10.1. The minimum absolute atomic E-state index is 0.0213. The topological polar surface area (TPSA) is 77.5 Å². The highest BCUT2D eigenvalue weighted by Crippen LogP contribution is 1.99. The third kappa shape index (κ3) is 10.8. The Balaban J connectivity index is 3.55. The average Bonchev–Trinajstić information content (AvgIpc) is 2.23. The fourth-order valence-electron chi connectivity index (χ4n) is 1.07. The van der Waals surface area contributed by atoms with Crippen LogP contribution in [0.2, 0.25) is 0 Å². The van der Waals surface area contributed by atoms with Gasteiger partial charge >= 0.3 is 5.97 Å². The van der Waals surface area contributed by atoms with E-state index in [2.05, 4.69) is 0 Å². The van der Waals surface area contributed by atoms with Gasteiger partial charge in [0.2, 0.25) is 0 Å². The van der Waals surface area contributed by atoms with Crippen LogP contribution in [0.4, 0.5) is 0 Å². The van der Waals surface area contributed by atoms with Crippen molar-refractivity contribution < 1.29 is 23.9 Å². The first-order valence-corrected chi connectivity index (χ1v) is 5.58. The first-order chi connectivity index (χ1) is 7.91. The summed E-state index contributed by atoms with van der Waals surface area (Å²) in [7, 11) is 0. The van der Waals surface area contributed by atoms with Crippen LogP contribution >= 0.6 is 0 Å². The van der Waals surface area contributed by atoms with Gasteiger partial charge in [-0.2, -0.15) is 0 Å². The summed E-state index contributed by atoms with van der Waals surface area (Å²) in [5.41, 5.74) is 0. The van der Waals surface area contributed by atoms with Crippen LogP contribution in [0.3, 0.4) is 0 Å². The molecule has 0 saturated heterocycles. The van der Waals surface area contributed by atoms with E-state index in [1.807, 2.05) is 0 Å². The predicted molar refractivity (Wildman–Crippen MR) is 60.4 cm³/mol. The summed E-state index contributed by atoms with van der Waals surface area (Å²) in [6.07, 6.45) is 0.768. The Morgan fingerprint density at radius 3 is 1.82 bits per heavy atom. The number of ether oxygens (including phenoxy) is 1. The van der Waals surface area contributed by atoms with Crippen molar-refractivity contribution in [2.45, 2.75) is 46.0 Å². The van der Waals surface area contributed by atoms with Crippen molar-refractivity contribution in [3.8, 4) is 0 Å². The normalized spacial score (nSPS) is 9.76. The molecule has 0 unspecified atom stereocenters. The standard InChI is InChI=1S/C12H18O5/c1-9(13)3-5-11(15)7-8-17-12(16)6-4-10(2)14/h3-8H2,1-2H3. The molecule has 0 rings (SSSR count). The van der Waals surface area contributed by atoms with E-state index >= 15 is 0 Å². The highest BCUT2D eigenvalue weighted by atomic mass is 16.5. The van der Waals surface area contributed by atoms with E-state index in [0.29, 0.717) is 0 Å². The quantitative estimate of drug-likeness (QED) is 0.568. The molecule has 5 nitrogen and oxygen atoms in total. The van der Waals surface area contributed by atoms with Gasteiger partial charge in [-0.15, -0.1) is 0 Å². The second-order valence-electron chi connectivity index (χ2n) is 3.91. The molecular formula is C12H18O5. The number of hydrogen-bond acceptors (Lipinski definition) is 5. The second-order valence-corrected chi connectivity index (χ2v) is 3.91. The van der Waals surface area contributed by atoms with Gasteiger partial charge in [0.05, 0.1) is 13.0 Å². The lowest BCUT2D eigenvalue weighted by molar-refractivity contribution is -0.145. The Labute approximate surface area is 101 Å². The molecule has 0 spiro atoms. The smallest absolute Gasteiger partial charge is 0.306 e. The summed E-state index contributed by atoms with van der Waals surface area (Å²) in [6, 6.07) is 0. The summed E-state index contributed by atoms with van der Waals surface area (Å²) in [6.45, 7) is 2.85. The molecule has 96 valence electrons. The van der Waals surface area contributed by atoms with Gasteiger partial charge in [-0.1, -0.05) is 0 Å². The van der Waals surface area contributed by atoms with E-state index in [0.717, 1.165) is 0 Å². The van der Waals surface area contributed by atoms with Gasteiger partial charge in [-0.05, 0) is 13.8 Å². The number of carbonyl (C=O) groups excluding carboxylic acids is 4. The van der Waals surface area contributed by atoms with E-state index in [-0.39, 0.29) is 56.1 Å². The van der Waals surface area contributed by atoms with Crippen molar-refractivity contribution in [3.05, 3.63) is 0 Å². The van der Waals surface area contributed by atoms with Crippen LogP contribution < -0.4 is 0 Å². The van der Waals surface area contributed by atoms with E-state index in [1.165, 1.54) is 13.8 Å². The van der Waals surface area contributed by atoms with Crippen LogP contribution in [0.25, 0.3) is 0 Å². The number of rotatable bonds is 9. The summed E-state index contributed by atoms with van der Waals surface area (Å²) in [5, 5.41) is 0. The predicted octanol–water partition coefficient (Wildman–Crippen LogP) is 1.23. The number of hydrogen-bond donors (Lipinski definition) is 0. The van der Waals surface area contributed by atoms with E-state index in [1.54, 1.807) is 0 Å². The van der Waals surface area contributed by atoms with Gasteiger partial charge in [0, 0.05) is 25.7 Å². The van der Waals surface area contributed by atoms with Gasteiger partial charge in [0.1, 0.15) is 17.3 Å². The van der Waals surface area contributed by atoms with Gasteiger partial charge < -0.3 is 14.3 Å². The highest BCUT2D eigenvalue weighted by Gasteiger charge is 2.07. The summed E-state index contributed by atoms with van der Waals surface area (Å²) in [4.78, 5) is 43.4. The van der Waals surface area contributed by atoms with E-state index < -0.39 is 5.97 Å². The molecule has 0 aliphatic heterocycles. The van der Waals surface area contributed by atoms with Crippen molar-refractivity contribution in [2.24, 2.45) is 0 Å². The van der Waals surface area contributed by atoms with Crippen LogP contribution in [-0.4, -0.2) is 29.9 Å². The molecule has 17 heavy (non-hydrogen) atoms. The third-order valence-corrected chi connectivity index (χ3v) is 2.08. The van der Waals surface area contributed by atoms with E-state index in [4.69, 9.17) is 4.74 Å². The molecule has 0 saturated carbocycles. The molecule has 0 aliphatic rings. The van der Waals surface area contributed by atoms with Gasteiger partial charge in [0.25, 0.3) is 0 Å². The molecule has 5 heteroatoms. The minimum atomic E-state index is -0.473. The molecule has 0 N–H and O–H groups in total. The third-order valence-electron chi connectivity index (χ3n) is 2.08. The number of Topliss-reactive ketones (excluding diaryl/α,β-unsaturated/α-hetero) is 3. The molecule has 0 aromatic heterocycles. The maximum atomic E-state index is 11.2. The fraction of sp³-hybridized carbons (Fsp3) is 0.667. The highest BCUT2D eigenvalue weighted by molar-refractivity contribution is 5.85. The number of esters is 1. The Bertz CT molecular complexity index is 276. The molecule has 0 radical (unpaired) electrons. The van der Waals surface area contributed by atoms with Crippen LogP contribution in [0.5, 0.6) is 0 Å². The maximum absolute atomic E-state index is 11.2. The van der Waals surface area contributed by atoms with Crippen molar-refractivity contribution in [2.75, 3.05) is 6.61 Å². The van der Waals surface area contributed by atoms with Gasteiger partial charge in [0.15, 0.2) is 0 Å². The zero-order valence-corrected chi connectivity index (χ0v) is 10.3. The largest absolute Gasteiger partial charge is 0.465 e. The molecule has 0 aromatic rings. The first-order valence-electron chi connectivity index (χ1n) is 5.58. The van der Waals surface area contributed by atoms with Gasteiger partial charge in [-0.25, -0.2) is 0 Å². The monoisotopic (exact) mass is 242 g/mol. The summed E-state index contributed by atoms with van der Waals surface area (Å²) >= 11 is 0. The lowest BCUT2D eigenvalue weighted by Crippen LogP contribution is -2.11. The second kappa shape index (κ2) is 8.61. The van der Waals surface area contributed by atoms with Crippen LogP contribution in [0.15, 0.2) is 0 Å². The minimum Gasteiger partial charge on any atom is -0.465 e. The zero-order valence-electron chi connectivity index (χ0n) is 10.3. The maximum Gasteiger partial charge on any atom is 0.306 e. The zero-order chi connectivity index (χ0) is 13.3. The molecule has 0 bridgehead atoms. The van der Waals surface area contributed by atoms with Crippen LogP contribution in [0.1, 0.15) is 46.0 Å². The van der Waals surface area contributed by atoms with Crippen LogP contribution in [-0.2, 0) is 23.9 Å². The molecule has 0 fully saturated rings. The molecule has 0 aliphatic carbocycles. The summed E-state index contributed by atoms with van der Waals surface area (Å²) in [5.74, 6) is -0.671. The van der Waals surface area contributed by atoms with Crippen molar-refractivity contribution in [3.63, 3.8) is 0 Å². The molecule has 0 heterocycles. The fourth-order valence-corrected chi connectivity index (χ4v) is 1.07. The Morgan fingerprint density at radius 1 is 0.765 bits per heavy atom. The lowest BCUT2D eigenvalue weighted by Gasteiger charge is -2.03.